The van der Waals surface area contributed by atoms with Gasteiger partial charge in [-0.2, -0.15) is 0 Å². The van der Waals surface area contributed by atoms with E-state index in [0.29, 0.717) is 43.3 Å². The third-order valence-electron chi connectivity index (χ3n) is 6.78. The molecule has 2 aromatic heterocycles. The highest BCUT2D eigenvalue weighted by molar-refractivity contribution is 7.90. The second-order valence-corrected chi connectivity index (χ2v) is 11.6. The molecule has 1 fully saturated rings. The second kappa shape index (κ2) is 12.0. The first-order valence-electron chi connectivity index (χ1n) is 12.8. The van der Waals surface area contributed by atoms with Crippen LogP contribution in [0.5, 0.6) is 5.75 Å². The van der Waals surface area contributed by atoms with Crippen LogP contribution in [0.4, 0.5) is 0 Å². The molecule has 38 heavy (non-hydrogen) atoms. The van der Waals surface area contributed by atoms with E-state index in [4.69, 9.17) is 9.47 Å². The minimum absolute atomic E-state index is 0.108. The summed E-state index contributed by atoms with van der Waals surface area (Å²) < 4.78 is 43.6. The van der Waals surface area contributed by atoms with Gasteiger partial charge in [0.2, 0.25) is 15.7 Å². The predicted octanol–water partition coefficient (Wildman–Crippen LogP) is 3.58. The average Bonchev–Trinajstić information content (AvgIpc) is 3.37. The number of rotatable bonds is 11. The van der Waals surface area contributed by atoms with Crippen LogP contribution in [0.25, 0.3) is 5.65 Å². The Labute approximate surface area is 223 Å². The Hall–Kier alpha value is -3.31. The van der Waals surface area contributed by atoms with Gasteiger partial charge in [-0.05, 0) is 56.2 Å². The van der Waals surface area contributed by atoms with Crippen molar-refractivity contribution in [1.29, 1.82) is 0 Å². The van der Waals surface area contributed by atoms with E-state index >= 15 is 0 Å². The van der Waals surface area contributed by atoms with Gasteiger partial charge in [0.05, 0.1) is 18.5 Å². The summed E-state index contributed by atoms with van der Waals surface area (Å²) >= 11 is 0. The third-order valence-corrected chi connectivity index (χ3v) is 8.74. The van der Waals surface area contributed by atoms with Crippen LogP contribution in [0.15, 0.2) is 79.0 Å². The molecule has 0 amide bonds. The smallest absolute Gasteiger partial charge is 0.215 e. The summed E-state index contributed by atoms with van der Waals surface area (Å²) in [4.78, 5) is 2.15. The van der Waals surface area contributed by atoms with Crippen LogP contribution >= 0.6 is 0 Å². The molecule has 1 aliphatic heterocycles. The number of hydrogen-bond donors (Lipinski definition) is 1. The molecule has 2 aromatic carbocycles. The highest BCUT2D eigenvalue weighted by Crippen LogP contribution is 2.25. The Balaban J connectivity index is 1.38. The van der Waals surface area contributed by atoms with Gasteiger partial charge in [0, 0.05) is 6.20 Å². The van der Waals surface area contributed by atoms with Crippen LogP contribution in [0.2, 0.25) is 0 Å². The van der Waals surface area contributed by atoms with Crippen molar-refractivity contribution in [2.45, 2.75) is 37.3 Å². The molecule has 5 rings (SSSR count). The molecule has 3 heterocycles. The van der Waals surface area contributed by atoms with Gasteiger partial charge in [-0.3, -0.25) is 4.40 Å². The van der Waals surface area contributed by atoms with Gasteiger partial charge in [-0.1, -0.05) is 60.7 Å². The lowest BCUT2D eigenvalue weighted by atomic mass is 10.1. The van der Waals surface area contributed by atoms with Crippen LogP contribution < -0.4 is 9.46 Å². The predicted molar refractivity (Wildman–Crippen MR) is 145 cm³/mol. The summed E-state index contributed by atoms with van der Waals surface area (Å²) in [5.74, 6) is 1.02. The number of piperidine rings is 1. The Morgan fingerprint density at radius 1 is 0.921 bits per heavy atom. The SMILES string of the molecule is CN1CCC(S(=O)(=O)NC(COCc2ccccc2)c2nnc3c(OCc4ccccc4)cccn23)CC1. The van der Waals surface area contributed by atoms with Crippen LogP contribution in [0.3, 0.4) is 0 Å². The molecule has 0 spiro atoms. The van der Waals surface area contributed by atoms with E-state index in [-0.39, 0.29) is 6.61 Å². The lowest BCUT2D eigenvalue weighted by Gasteiger charge is -2.30. The van der Waals surface area contributed by atoms with Gasteiger partial charge in [0.25, 0.3) is 0 Å². The molecular formula is C28H33N5O4S. The largest absolute Gasteiger partial charge is 0.485 e. The lowest BCUT2D eigenvalue weighted by molar-refractivity contribution is 0.102. The normalized spacial score (nSPS) is 16.0. The molecule has 0 bridgehead atoms. The number of hydrogen-bond acceptors (Lipinski definition) is 7. The van der Waals surface area contributed by atoms with Crippen LogP contribution in [0, 0.1) is 0 Å². The van der Waals surface area contributed by atoms with Gasteiger partial charge in [-0.25, -0.2) is 13.1 Å². The molecule has 9 nitrogen and oxygen atoms in total. The molecule has 0 saturated carbocycles. The van der Waals surface area contributed by atoms with Gasteiger partial charge in [0.15, 0.2) is 11.6 Å². The fourth-order valence-corrected chi connectivity index (χ4v) is 6.21. The standard InChI is InChI=1S/C28H33N5O4S/c1-32-17-14-24(15-18-32)38(34,35)31-25(21-36-19-22-9-4-2-5-10-22)27-29-30-28-26(13-8-16-33(27)28)37-20-23-11-6-3-7-12-23/h2-13,16,24-25,31H,14-15,17-21H2,1H3. The molecule has 200 valence electrons. The first kappa shape index (κ1) is 26.3. The summed E-state index contributed by atoms with van der Waals surface area (Å²) in [6, 6.07) is 22.6. The van der Waals surface area contributed by atoms with Crippen molar-refractivity contribution in [2.24, 2.45) is 0 Å². The maximum atomic E-state index is 13.4. The van der Waals surface area contributed by atoms with E-state index in [1.807, 2.05) is 86.0 Å². The van der Waals surface area contributed by atoms with E-state index in [0.717, 1.165) is 24.2 Å². The fourth-order valence-electron chi connectivity index (χ4n) is 4.61. The third kappa shape index (κ3) is 6.39. The molecule has 10 heteroatoms. The summed E-state index contributed by atoms with van der Waals surface area (Å²) in [6.07, 6.45) is 2.98. The summed E-state index contributed by atoms with van der Waals surface area (Å²) in [7, 11) is -1.61. The minimum Gasteiger partial charge on any atom is -0.485 e. The van der Waals surface area contributed by atoms with Crippen molar-refractivity contribution in [2.75, 3.05) is 26.7 Å². The molecule has 0 aliphatic carbocycles. The summed E-state index contributed by atoms with van der Waals surface area (Å²) in [5, 5.41) is 8.30. The Kier molecular flexibility index (Phi) is 8.33. The monoisotopic (exact) mass is 535 g/mol. The number of nitrogens with zero attached hydrogens (tertiary/aromatic N) is 4. The first-order valence-corrected chi connectivity index (χ1v) is 14.4. The molecule has 4 aromatic rings. The van der Waals surface area contributed by atoms with Crippen molar-refractivity contribution < 1.29 is 17.9 Å². The number of ether oxygens (including phenoxy) is 2. The van der Waals surface area contributed by atoms with Crippen molar-refractivity contribution in [1.82, 2.24) is 24.2 Å². The van der Waals surface area contributed by atoms with Crippen molar-refractivity contribution in [3.05, 3.63) is 95.9 Å². The van der Waals surface area contributed by atoms with Gasteiger partial charge < -0.3 is 14.4 Å². The number of aromatic nitrogens is 3. The van der Waals surface area contributed by atoms with Crippen LogP contribution in [-0.4, -0.2) is 59.9 Å². The van der Waals surface area contributed by atoms with Crippen LogP contribution in [-0.2, 0) is 28.0 Å². The van der Waals surface area contributed by atoms with E-state index in [2.05, 4.69) is 19.8 Å². The average molecular weight is 536 g/mol. The Bertz CT molecular complexity index is 1420. The zero-order valence-corrected chi connectivity index (χ0v) is 22.3. The Morgan fingerprint density at radius 2 is 1.58 bits per heavy atom. The molecule has 1 N–H and O–H groups in total. The van der Waals surface area contributed by atoms with Crippen molar-refractivity contribution in [3.63, 3.8) is 0 Å². The number of likely N-dealkylation sites (tertiary alicyclic amines) is 1. The van der Waals surface area contributed by atoms with Gasteiger partial charge in [-0.15, -0.1) is 10.2 Å². The fraction of sp³-hybridized carbons (Fsp3) is 0.357. The van der Waals surface area contributed by atoms with E-state index in [1.165, 1.54) is 0 Å². The van der Waals surface area contributed by atoms with Gasteiger partial charge >= 0.3 is 0 Å². The van der Waals surface area contributed by atoms with E-state index in [1.54, 1.807) is 4.40 Å². The number of nitrogens with one attached hydrogen (secondary N) is 1. The van der Waals surface area contributed by atoms with Crippen molar-refractivity contribution in [3.8, 4) is 5.75 Å². The van der Waals surface area contributed by atoms with Crippen LogP contribution in [0.1, 0.15) is 35.8 Å². The molecular weight excluding hydrogens is 502 g/mol. The lowest BCUT2D eigenvalue weighted by Crippen LogP contribution is -2.44. The van der Waals surface area contributed by atoms with Gasteiger partial charge in [0.1, 0.15) is 12.6 Å². The molecule has 1 atom stereocenters. The first-order chi connectivity index (χ1) is 18.5. The maximum absolute atomic E-state index is 13.4. The number of fused-ring (bicyclic) bond motifs is 1. The molecule has 0 radical (unpaired) electrons. The summed E-state index contributed by atoms with van der Waals surface area (Å²) in [6.45, 7) is 2.34. The van der Waals surface area contributed by atoms with E-state index in [9.17, 15) is 8.42 Å². The second-order valence-electron chi connectivity index (χ2n) is 9.62. The Morgan fingerprint density at radius 3 is 2.26 bits per heavy atom. The highest BCUT2D eigenvalue weighted by atomic mass is 32.2. The molecule has 1 aliphatic rings. The summed E-state index contributed by atoms with van der Waals surface area (Å²) in [5.41, 5.74) is 2.56. The number of pyridine rings is 1. The zero-order chi connectivity index (χ0) is 26.4. The molecule has 1 unspecified atom stereocenters. The van der Waals surface area contributed by atoms with E-state index < -0.39 is 21.3 Å². The zero-order valence-electron chi connectivity index (χ0n) is 21.4. The topological polar surface area (TPSA) is 98.1 Å². The van der Waals surface area contributed by atoms with Crippen molar-refractivity contribution >= 4 is 15.7 Å². The number of benzene rings is 2. The maximum Gasteiger partial charge on any atom is 0.215 e. The quantitative estimate of drug-likeness (QED) is 0.314. The molecule has 1 saturated heterocycles. The minimum atomic E-state index is -3.62. The number of sulfonamides is 1. The highest BCUT2D eigenvalue weighted by Gasteiger charge is 2.33.